The molecule has 19 heavy (non-hydrogen) atoms. The quantitative estimate of drug-likeness (QED) is 0.770. The molecule has 0 bridgehead atoms. The molecule has 0 radical (unpaired) electrons. The van der Waals surface area contributed by atoms with Crippen LogP contribution < -0.4 is 4.74 Å². The summed E-state index contributed by atoms with van der Waals surface area (Å²) >= 11 is 0. The lowest BCUT2D eigenvalue weighted by Gasteiger charge is -2.32. The zero-order valence-electron chi connectivity index (χ0n) is 12.8. The van der Waals surface area contributed by atoms with E-state index < -0.39 is 0 Å². The molecule has 1 fully saturated rings. The van der Waals surface area contributed by atoms with Gasteiger partial charge in [-0.1, -0.05) is 32.0 Å². The van der Waals surface area contributed by atoms with Gasteiger partial charge in [0.1, 0.15) is 11.4 Å². The highest BCUT2D eigenvalue weighted by molar-refractivity contribution is 5.52. The molecule has 2 heteroatoms. The summed E-state index contributed by atoms with van der Waals surface area (Å²) in [5, 5.41) is 7.57. The van der Waals surface area contributed by atoms with Crippen molar-refractivity contribution in [3.05, 3.63) is 29.3 Å². The van der Waals surface area contributed by atoms with Crippen LogP contribution in [-0.4, -0.2) is 17.3 Å². The minimum absolute atomic E-state index is 0.0147. The lowest BCUT2D eigenvalue weighted by molar-refractivity contribution is 0.0654. The van der Waals surface area contributed by atoms with E-state index in [1.54, 1.807) is 6.92 Å². The van der Waals surface area contributed by atoms with Crippen molar-refractivity contribution in [2.45, 2.75) is 58.5 Å². The molecule has 1 saturated carbocycles. The minimum Gasteiger partial charge on any atom is -0.486 e. The fourth-order valence-electron chi connectivity index (χ4n) is 3.87. The van der Waals surface area contributed by atoms with Crippen molar-refractivity contribution in [1.82, 2.24) is 0 Å². The van der Waals surface area contributed by atoms with E-state index in [0.29, 0.717) is 0 Å². The Morgan fingerprint density at radius 2 is 1.95 bits per heavy atom. The summed E-state index contributed by atoms with van der Waals surface area (Å²) in [5.41, 5.74) is 2.94. The summed E-state index contributed by atoms with van der Waals surface area (Å²) in [7, 11) is 0. The molecule has 0 spiro atoms. The normalized spacial score (nSPS) is 34.9. The van der Waals surface area contributed by atoms with Gasteiger partial charge in [0, 0.05) is 17.6 Å². The Kier molecular flexibility index (Phi) is 3.65. The van der Waals surface area contributed by atoms with E-state index in [-0.39, 0.29) is 17.6 Å². The van der Waals surface area contributed by atoms with Gasteiger partial charge in [0.25, 0.3) is 0 Å². The van der Waals surface area contributed by atoms with Crippen molar-refractivity contribution >= 4 is 0 Å². The van der Waals surface area contributed by atoms with Crippen molar-refractivity contribution in [2.75, 3.05) is 6.61 Å². The molecule has 0 saturated heterocycles. The summed E-state index contributed by atoms with van der Waals surface area (Å²) in [4.78, 5) is 0. The van der Waals surface area contributed by atoms with Crippen LogP contribution in [0.2, 0.25) is 0 Å². The standard InChI is InChI=1S/C15H20O.C2H6O/c1-10-8-14(3)12-7-5-6-11(2)13(12)16-15(14,4)9-10;1-2-3/h5-7,10H,8-9H2,1-4H3;3H,2H2,1H3/t10-,14?,15?;/m1./s1. The summed E-state index contributed by atoms with van der Waals surface area (Å²) in [5.74, 6) is 1.92. The zero-order chi connectivity index (χ0) is 14.3. The first kappa shape index (κ1) is 14.4. The van der Waals surface area contributed by atoms with Crippen LogP contribution in [0.15, 0.2) is 18.2 Å². The second-order valence-electron chi connectivity index (χ2n) is 6.45. The van der Waals surface area contributed by atoms with Gasteiger partial charge in [-0.25, -0.2) is 0 Å². The van der Waals surface area contributed by atoms with Gasteiger partial charge in [0.05, 0.1) is 0 Å². The average Bonchev–Trinajstić information content (AvgIpc) is 2.65. The van der Waals surface area contributed by atoms with E-state index in [9.17, 15) is 0 Å². The highest BCUT2D eigenvalue weighted by atomic mass is 16.5. The van der Waals surface area contributed by atoms with Crippen LogP contribution in [0.3, 0.4) is 0 Å². The Morgan fingerprint density at radius 1 is 1.32 bits per heavy atom. The molecule has 3 atom stereocenters. The first-order chi connectivity index (χ1) is 8.88. The van der Waals surface area contributed by atoms with Gasteiger partial charge in [-0.3, -0.25) is 0 Å². The fourth-order valence-corrected chi connectivity index (χ4v) is 3.87. The first-order valence-electron chi connectivity index (χ1n) is 7.28. The number of ether oxygens (including phenoxy) is 1. The number of aryl methyl sites for hydroxylation is 1. The van der Waals surface area contributed by atoms with Gasteiger partial charge < -0.3 is 9.84 Å². The number of rotatable bonds is 0. The van der Waals surface area contributed by atoms with Gasteiger partial charge in [0.2, 0.25) is 0 Å². The average molecular weight is 262 g/mol. The fraction of sp³-hybridized carbons (Fsp3) is 0.647. The Balaban J connectivity index is 0.000000408. The second kappa shape index (κ2) is 4.82. The smallest absolute Gasteiger partial charge is 0.126 e. The lowest BCUT2D eigenvalue weighted by atomic mass is 9.73. The Hall–Kier alpha value is -1.02. The summed E-state index contributed by atoms with van der Waals surface area (Å²) in [6.45, 7) is 11.1. The minimum atomic E-state index is 0.0147. The predicted octanol–water partition coefficient (Wildman–Crippen LogP) is 3.83. The van der Waals surface area contributed by atoms with Crippen LogP contribution in [0.1, 0.15) is 51.7 Å². The molecule has 1 N–H and O–H groups in total. The first-order valence-corrected chi connectivity index (χ1v) is 7.28. The van der Waals surface area contributed by atoms with Crippen molar-refractivity contribution in [2.24, 2.45) is 5.92 Å². The van der Waals surface area contributed by atoms with Crippen molar-refractivity contribution < 1.29 is 9.84 Å². The molecule has 1 aromatic rings. The maximum atomic E-state index is 7.57. The van der Waals surface area contributed by atoms with E-state index in [1.807, 2.05) is 0 Å². The summed E-state index contributed by atoms with van der Waals surface area (Å²) in [6, 6.07) is 6.57. The van der Waals surface area contributed by atoms with Crippen LogP contribution in [0.4, 0.5) is 0 Å². The van der Waals surface area contributed by atoms with Crippen molar-refractivity contribution in [3.8, 4) is 5.75 Å². The summed E-state index contributed by atoms with van der Waals surface area (Å²) in [6.07, 6.45) is 2.43. The molecule has 2 nitrogen and oxygen atoms in total. The van der Waals surface area contributed by atoms with Crippen molar-refractivity contribution in [1.29, 1.82) is 0 Å². The number of hydrogen-bond acceptors (Lipinski definition) is 2. The van der Waals surface area contributed by atoms with Crippen LogP contribution in [-0.2, 0) is 5.41 Å². The van der Waals surface area contributed by atoms with E-state index in [1.165, 1.54) is 24.0 Å². The monoisotopic (exact) mass is 262 g/mol. The Bertz CT molecular complexity index is 468. The molecule has 0 amide bonds. The van der Waals surface area contributed by atoms with Crippen LogP contribution >= 0.6 is 0 Å². The number of aliphatic hydroxyl groups is 1. The van der Waals surface area contributed by atoms with Gasteiger partial charge in [0.15, 0.2) is 0 Å². The molecular formula is C17H26O2. The van der Waals surface area contributed by atoms with Gasteiger partial charge >= 0.3 is 0 Å². The lowest BCUT2D eigenvalue weighted by Crippen LogP contribution is -2.42. The van der Waals surface area contributed by atoms with Crippen molar-refractivity contribution in [3.63, 3.8) is 0 Å². The Morgan fingerprint density at radius 3 is 2.58 bits per heavy atom. The third-order valence-electron chi connectivity index (χ3n) is 4.80. The number of hydrogen-bond donors (Lipinski definition) is 1. The van der Waals surface area contributed by atoms with E-state index in [2.05, 4.69) is 45.9 Å². The second-order valence-corrected chi connectivity index (χ2v) is 6.45. The molecule has 1 aliphatic heterocycles. The zero-order valence-corrected chi connectivity index (χ0v) is 12.8. The topological polar surface area (TPSA) is 29.5 Å². The number of fused-ring (bicyclic) bond motifs is 3. The maximum Gasteiger partial charge on any atom is 0.126 e. The van der Waals surface area contributed by atoms with E-state index >= 15 is 0 Å². The molecular weight excluding hydrogens is 236 g/mol. The van der Waals surface area contributed by atoms with E-state index in [4.69, 9.17) is 9.84 Å². The molecule has 3 rings (SSSR count). The number of benzene rings is 1. The van der Waals surface area contributed by atoms with Crippen LogP contribution in [0.25, 0.3) is 0 Å². The molecule has 2 aliphatic rings. The predicted molar refractivity (Wildman–Crippen MR) is 78.7 cm³/mol. The van der Waals surface area contributed by atoms with E-state index in [0.717, 1.165) is 11.7 Å². The molecule has 106 valence electrons. The number of aliphatic hydroxyl groups excluding tert-OH is 1. The third-order valence-corrected chi connectivity index (χ3v) is 4.80. The number of para-hydroxylation sites is 1. The third kappa shape index (κ3) is 2.06. The summed E-state index contributed by atoms with van der Waals surface area (Å²) < 4.78 is 6.32. The van der Waals surface area contributed by atoms with Gasteiger partial charge in [-0.2, -0.15) is 0 Å². The highest BCUT2D eigenvalue weighted by Crippen LogP contribution is 2.60. The SMILES string of the molecule is CCO.Cc1cccc2c1OC1(C)C[C@H](C)CC21C. The molecule has 1 aliphatic carbocycles. The molecule has 0 aromatic heterocycles. The van der Waals surface area contributed by atoms with Crippen LogP contribution in [0.5, 0.6) is 5.75 Å². The van der Waals surface area contributed by atoms with Gasteiger partial charge in [-0.15, -0.1) is 0 Å². The molecule has 1 heterocycles. The maximum absolute atomic E-state index is 7.57. The Labute approximate surface area is 116 Å². The largest absolute Gasteiger partial charge is 0.486 e. The highest BCUT2D eigenvalue weighted by Gasteiger charge is 2.59. The van der Waals surface area contributed by atoms with Gasteiger partial charge in [-0.05, 0) is 45.1 Å². The molecule has 1 aromatic carbocycles. The van der Waals surface area contributed by atoms with Crippen LogP contribution in [0, 0.1) is 12.8 Å². The molecule has 2 unspecified atom stereocenters.